The molecule has 0 atom stereocenters. The fraction of sp³-hybridized carbons (Fsp3) is 0.261. The lowest BCUT2D eigenvalue weighted by Crippen LogP contribution is -2.15. The number of hydrogen-bond donors (Lipinski definition) is 1. The number of benzene rings is 2. The summed E-state index contributed by atoms with van der Waals surface area (Å²) in [6.07, 6.45) is 3.73. The number of anilines is 1. The number of aromatic nitrogens is 2. The van der Waals surface area contributed by atoms with Gasteiger partial charge in [-0.15, -0.1) is 0 Å². The van der Waals surface area contributed by atoms with Gasteiger partial charge in [-0.1, -0.05) is 24.3 Å². The minimum absolute atomic E-state index is 0.229. The van der Waals surface area contributed by atoms with Crippen LogP contribution in [-0.4, -0.2) is 28.3 Å². The lowest BCUT2D eigenvalue weighted by Gasteiger charge is -2.12. The summed E-state index contributed by atoms with van der Waals surface area (Å²) in [5.41, 5.74) is 4.55. The molecule has 0 spiro atoms. The van der Waals surface area contributed by atoms with E-state index in [2.05, 4.69) is 10.4 Å². The van der Waals surface area contributed by atoms with E-state index in [0.29, 0.717) is 29.3 Å². The fourth-order valence-corrected chi connectivity index (χ4v) is 3.41. The molecule has 29 heavy (non-hydrogen) atoms. The van der Waals surface area contributed by atoms with E-state index in [1.807, 2.05) is 35.9 Å². The third kappa shape index (κ3) is 3.92. The van der Waals surface area contributed by atoms with Gasteiger partial charge in [-0.3, -0.25) is 4.79 Å². The molecule has 1 aliphatic rings. The van der Waals surface area contributed by atoms with Gasteiger partial charge in [0.25, 0.3) is 5.91 Å². The minimum atomic E-state index is -0.408. The summed E-state index contributed by atoms with van der Waals surface area (Å²) in [4.78, 5) is 25.0. The quantitative estimate of drug-likeness (QED) is 0.631. The molecule has 1 fully saturated rings. The van der Waals surface area contributed by atoms with Gasteiger partial charge in [0.2, 0.25) is 0 Å². The molecule has 6 heteroatoms. The Labute approximate surface area is 169 Å². The molecule has 1 aliphatic carbocycles. The van der Waals surface area contributed by atoms with Crippen molar-refractivity contribution in [1.29, 1.82) is 0 Å². The summed E-state index contributed by atoms with van der Waals surface area (Å²) in [5, 5.41) is 7.42. The Bertz CT molecular complexity index is 1070. The number of ether oxygens (including phenoxy) is 1. The number of rotatable bonds is 6. The smallest absolute Gasteiger partial charge is 0.338 e. The first-order chi connectivity index (χ1) is 14.1. The number of nitrogens with one attached hydrogen (secondary N) is 1. The maximum Gasteiger partial charge on any atom is 0.338 e. The zero-order valence-electron chi connectivity index (χ0n) is 16.5. The highest BCUT2D eigenvalue weighted by molar-refractivity contribution is 6.05. The Balaban J connectivity index is 1.63. The van der Waals surface area contributed by atoms with E-state index in [1.165, 1.54) is 0 Å². The second kappa shape index (κ2) is 7.91. The number of carbonyl (C=O) groups excluding carboxylic acids is 2. The van der Waals surface area contributed by atoms with Gasteiger partial charge >= 0.3 is 5.97 Å². The molecule has 2 aromatic carbocycles. The Hall–Kier alpha value is -3.41. The Morgan fingerprint density at radius 3 is 2.69 bits per heavy atom. The van der Waals surface area contributed by atoms with Crippen LogP contribution in [0, 0.1) is 6.92 Å². The van der Waals surface area contributed by atoms with E-state index >= 15 is 0 Å². The van der Waals surface area contributed by atoms with Gasteiger partial charge in [-0.2, -0.15) is 5.10 Å². The number of nitrogens with zero attached hydrogens (tertiary/aromatic N) is 2. The number of aryl methyl sites for hydroxylation is 1. The average Bonchev–Trinajstić information content (AvgIpc) is 3.47. The van der Waals surface area contributed by atoms with E-state index in [1.54, 1.807) is 37.4 Å². The monoisotopic (exact) mass is 389 g/mol. The molecule has 0 aliphatic heterocycles. The average molecular weight is 389 g/mol. The van der Waals surface area contributed by atoms with Crippen LogP contribution in [0.4, 0.5) is 5.69 Å². The van der Waals surface area contributed by atoms with Crippen LogP contribution in [0.3, 0.4) is 0 Å². The number of esters is 1. The molecule has 3 aromatic rings. The molecule has 6 nitrogen and oxygen atoms in total. The number of para-hydroxylation sites is 1. The van der Waals surface area contributed by atoms with E-state index in [9.17, 15) is 9.59 Å². The number of hydrogen-bond acceptors (Lipinski definition) is 4. The van der Waals surface area contributed by atoms with Crippen LogP contribution < -0.4 is 5.32 Å². The lowest BCUT2D eigenvalue weighted by molar-refractivity contribution is 0.0526. The van der Waals surface area contributed by atoms with Crippen LogP contribution in [0.5, 0.6) is 0 Å². The molecule has 1 saturated carbocycles. The molecule has 0 unspecified atom stereocenters. The molecule has 0 bridgehead atoms. The van der Waals surface area contributed by atoms with Crippen molar-refractivity contribution in [3.63, 3.8) is 0 Å². The zero-order chi connectivity index (χ0) is 20.4. The molecule has 1 aromatic heterocycles. The third-order valence-corrected chi connectivity index (χ3v) is 4.99. The molecule has 1 N–H and O–H groups in total. The molecule has 0 saturated heterocycles. The molecular weight excluding hydrogens is 366 g/mol. The highest BCUT2D eigenvalue weighted by Gasteiger charge is 2.33. The topological polar surface area (TPSA) is 73.2 Å². The maximum atomic E-state index is 13.0. The van der Waals surface area contributed by atoms with Crippen molar-refractivity contribution in [1.82, 2.24) is 9.78 Å². The summed E-state index contributed by atoms with van der Waals surface area (Å²) in [6.45, 7) is 4.10. The largest absolute Gasteiger partial charge is 0.462 e. The normalized spacial score (nSPS) is 13.2. The van der Waals surface area contributed by atoms with Crippen molar-refractivity contribution in [2.45, 2.75) is 32.6 Å². The van der Waals surface area contributed by atoms with Gasteiger partial charge in [0, 0.05) is 11.6 Å². The van der Waals surface area contributed by atoms with E-state index in [4.69, 9.17) is 4.74 Å². The van der Waals surface area contributed by atoms with Crippen LogP contribution >= 0.6 is 0 Å². The van der Waals surface area contributed by atoms with E-state index in [0.717, 1.165) is 29.8 Å². The van der Waals surface area contributed by atoms with Gasteiger partial charge in [0.05, 0.1) is 35.3 Å². The highest BCUT2D eigenvalue weighted by Crippen LogP contribution is 2.42. The first kappa shape index (κ1) is 18.9. The van der Waals surface area contributed by atoms with Crippen LogP contribution in [-0.2, 0) is 4.74 Å². The van der Waals surface area contributed by atoms with Crippen molar-refractivity contribution in [3.05, 3.63) is 77.1 Å². The van der Waals surface area contributed by atoms with Crippen molar-refractivity contribution < 1.29 is 14.3 Å². The summed E-state index contributed by atoms with van der Waals surface area (Å²) in [7, 11) is 0. The van der Waals surface area contributed by atoms with Gasteiger partial charge in [0.15, 0.2) is 0 Å². The van der Waals surface area contributed by atoms with Crippen LogP contribution in [0.15, 0.2) is 54.7 Å². The maximum absolute atomic E-state index is 13.0. The standard InChI is InChI=1S/C23H23N3O3/c1-3-29-23(28)17-8-6-9-18(13-17)25-22(27)19-14-24-26(21(19)16-11-12-16)20-10-5-4-7-15(20)2/h4-10,13-14,16H,3,11-12H2,1-2H3,(H,25,27). The number of amides is 1. The Morgan fingerprint density at radius 1 is 1.17 bits per heavy atom. The second-order valence-electron chi connectivity index (χ2n) is 7.17. The van der Waals surface area contributed by atoms with Crippen LogP contribution in [0.1, 0.15) is 57.7 Å². The van der Waals surface area contributed by atoms with E-state index < -0.39 is 5.97 Å². The van der Waals surface area contributed by atoms with Gasteiger partial charge in [0.1, 0.15) is 0 Å². The molecule has 1 amide bonds. The summed E-state index contributed by atoms with van der Waals surface area (Å²) < 4.78 is 6.92. The Morgan fingerprint density at radius 2 is 1.97 bits per heavy atom. The minimum Gasteiger partial charge on any atom is -0.462 e. The van der Waals surface area contributed by atoms with Crippen molar-refractivity contribution >= 4 is 17.6 Å². The summed E-state index contributed by atoms with van der Waals surface area (Å²) in [6, 6.07) is 14.8. The fourth-order valence-electron chi connectivity index (χ4n) is 3.41. The summed E-state index contributed by atoms with van der Waals surface area (Å²) >= 11 is 0. The molecule has 0 radical (unpaired) electrons. The highest BCUT2D eigenvalue weighted by atomic mass is 16.5. The molecular formula is C23H23N3O3. The predicted molar refractivity (Wildman–Crippen MR) is 111 cm³/mol. The van der Waals surface area contributed by atoms with Crippen molar-refractivity contribution in [2.75, 3.05) is 11.9 Å². The first-order valence-corrected chi connectivity index (χ1v) is 9.81. The van der Waals surface area contributed by atoms with Crippen molar-refractivity contribution in [3.8, 4) is 5.69 Å². The third-order valence-electron chi connectivity index (χ3n) is 4.99. The van der Waals surface area contributed by atoms with Crippen molar-refractivity contribution in [2.24, 2.45) is 0 Å². The zero-order valence-corrected chi connectivity index (χ0v) is 16.5. The van der Waals surface area contributed by atoms with Gasteiger partial charge in [-0.25, -0.2) is 9.48 Å². The number of carbonyl (C=O) groups is 2. The summed E-state index contributed by atoms with van der Waals surface area (Å²) in [5.74, 6) is -0.300. The SMILES string of the molecule is CCOC(=O)c1cccc(NC(=O)c2cnn(-c3ccccc3C)c2C2CC2)c1. The lowest BCUT2D eigenvalue weighted by atomic mass is 10.1. The van der Waals surface area contributed by atoms with Crippen LogP contribution in [0.2, 0.25) is 0 Å². The first-order valence-electron chi connectivity index (χ1n) is 9.81. The molecule has 148 valence electrons. The van der Waals surface area contributed by atoms with Crippen LogP contribution in [0.25, 0.3) is 5.69 Å². The molecule has 1 heterocycles. The van der Waals surface area contributed by atoms with E-state index in [-0.39, 0.29) is 5.91 Å². The molecule has 4 rings (SSSR count). The Kier molecular flexibility index (Phi) is 5.16. The van der Waals surface area contributed by atoms with Gasteiger partial charge in [-0.05, 0) is 56.5 Å². The predicted octanol–water partition coefficient (Wildman–Crippen LogP) is 4.49. The second-order valence-corrected chi connectivity index (χ2v) is 7.17. The van der Waals surface area contributed by atoms with Gasteiger partial charge < -0.3 is 10.1 Å².